The number of carbonyl (C=O) groups excluding carboxylic acids is 1. The lowest BCUT2D eigenvalue weighted by molar-refractivity contribution is 0.0738. The predicted octanol–water partition coefficient (Wildman–Crippen LogP) is 1.67. The molecule has 1 aromatic carbocycles. The first-order valence-corrected chi connectivity index (χ1v) is 6.59. The summed E-state index contributed by atoms with van der Waals surface area (Å²) in [4.78, 5) is 18.7. The molecule has 1 aliphatic rings. The molecule has 1 atom stereocenters. The van der Waals surface area contributed by atoms with E-state index in [0.29, 0.717) is 5.69 Å². The second kappa shape index (κ2) is 4.97. The quantitative estimate of drug-likeness (QED) is 0.888. The van der Waals surface area contributed by atoms with Gasteiger partial charge in [0.1, 0.15) is 5.69 Å². The zero-order valence-corrected chi connectivity index (χ0v) is 11.0. The molecule has 19 heavy (non-hydrogen) atoms. The minimum absolute atomic E-state index is 0.000506. The molecule has 0 bridgehead atoms. The Balaban J connectivity index is 1.88. The highest BCUT2D eigenvalue weighted by Crippen LogP contribution is 2.15. The van der Waals surface area contributed by atoms with E-state index in [1.807, 2.05) is 43.4 Å². The molecular formula is C15H17N3O. The Morgan fingerprint density at radius 2 is 2.16 bits per heavy atom. The van der Waals surface area contributed by atoms with Crippen molar-refractivity contribution in [2.75, 3.05) is 20.1 Å². The molecule has 0 aliphatic carbocycles. The number of para-hydroxylation sites is 1. The Morgan fingerprint density at radius 3 is 2.95 bits per heavy atom. The Hall–Kier alpha value is -1.94. The molecule has 0 saturated carbocycles. The van der Waals surface area contributed by atoms with Gasteiger partial charge in [-0.1, -0.05) is 24.3 Å². The van der Waals surface area contributed by atoms with Gasteiger partial charge in [0.2, 0.25) is 0 Å². The van der Waals surface area contributed by atoms with E-state index in [4.69, 9.17) is 0 Å². The van der Waals surface area contributed by atoms with Crippen molar-refractivity contribution in [2.24, 2.45) is 0 Å². The number of carbonyl (C=O) groups is 1. The van der Waals surface area contributed by atoms with Gasteiger partial charge in [0.15, 0.2) is 0 Å². The second-order valence-corrected chi connectivity index (χ2v) is 4.95. The van der Waals surface area contributed by atoms with E-state index in [1.54, 1.807) is 4.90 Å². The van der Waals surface area contributed by atoms with Gasteiger partial charge in [-0.3, -0.25) is 4.79 Å². The van der Waals surface area contributed by atoms with Gasteiger partial charge in [0, 0.05) is 25.0 Å². The van der Waals surface area contributed by atoms with E-state index < -0.39 is 0 Å². The van der Waals surface area contributed by atoms with Crippen LogP contribution in [0.25, 0.3) is 10.9 Å². The molecule has 1 amide bonds. The van der Waals surface area contributed by atoms with Gasteiger partial charge in [-0.2, -0.15) is 0 Å². The number of likely N-dealkylation sites (N-methyl/N-ethyl adjacent to an activating group) is 1. The molecule has 1 saturated heterocycles. The molecule has 2 heterocycles. The topological polar surface area (TPSA) is 45.2 Å². The van der Waals surface area contributed by atoms with Gasteiger partial charge in [0.25, 0.3) is 5.91 Å². The fraction of sp³-hybridized carbons (Fsp3) is 0.333. The fourth-order valence-corrected chi connectivity index (χ4v) is 2.50. The molecule has 1 N–H and O–H groups in total. The molecular weight excluding hydrogens is 238 g/mol. The first-order valence-electron chi connectivity index (χ1n) is 6.59. The van der Waals surface area contributed by atoms with Crippen LogP contribution >= 0.6 is 0 Å². The van der Waals surface area contributed by atoms with Crippen LogP contribution in [0.2, 0.25) is 0 Å². The number of nitrogens with one attached hydrogen (secondary N) is 1. The van der Waals surface area contributed by atoms with Gasteiger partial charge < -0.3 is 10.2 Å². The highest BCUT2D eigenvalue weighted by atomic mass is 16.2. The van der Waals surface area contributed by atoms with Crippen LogP contribution in [0.15, 0.2) is 36.4 Å². The third-order valence-corrected chi connectivity index (χ3v) is 3.72. The fourth-order valence-electron chi connectivity index (χ4n) is 2.50. The van der Waals surface area contributed by atoms with E-state index in [2.05, 4.69) is 10.3 Å². The Bertz CT molecular complexity index is 605. The lowest BCUT2D eigenvalue weighted by Crippen LogP contribution is -2.38. The lowest BCUT2D eigenvalue weighted by atomic mass is 10.1. The average molecular weight is 255 g/mol. The summed E-state index contributed by atoms with van der Waals surface area (Å²) in [6.45, 7) is 1.85. The molecule has 4 nitrogen and oxygen atoms in total. The summed E-state index contributed by atoms with van der Waals surface area (Å²) in [5, 5.41) is 4.33. The van der Waals surface area contributed by atoms with Crippen molar-refractivity contribution in [1.82, 2.24) is 15.2 Å². The van der Waals surface area contributed by atoms with Crippen LogP contribution in [-0.2, 0) is 0 Å². The Labute approximate surface area is 112 Å². The first-order chi connectivity index (χ1) is 9.25. The zero-order chi connectivity index (χ0) is 13.2. The van der Waals surface area contributed by atoms with E-state index >= 15 is 0 Å². The minimum Gasteiger partial charge on any atom is -0.336 e. The molecule has 1 unspecified atom stereocenters. The van der Waals surface area contributed by atoms with Crippen LogP contribution in [-0.4, -0.2) is 42.0 Å². The maximum atomic E-state index is 12.4. The third kappa shape index (κ3) is 2.31. The number of pyridine rings is 1. The molecule has 4 heteroatoms. The van der Waals surface area contributed by atoms with E-state index in [-0.39, 0.29) is 11.9 Å². The lowest BCUT2D eigenvalue weighted by Gasteiger charge is -2.23. The smallest absolute Gasteiger partial charge is 0.272 e. The normalized spacial score (nSPS) is 18.7. The Kier molecular flexibility index (Phi) is 3.17. The number of aromatic nitrogens is 1. The van der Waals surface area contributed by atoms with Gasteiger partial charge in [-0.25, -0.2) is 4.98 Å². The van der Waals surface area contributed by atoms with Crippen LogP contribution in [0.4, 0.5) is 0 Å². The van der Waals surface area contributed by atoms with Gasteiger partial charge in [-0.05, 0) is 25.1 Å². The highest BCUT2D eigenvalue weighted by Gasteiger charge is 2.24. The van der Waals surface area contributed by atoms with Crippen molar-refractivity contribution in [3.05, 3.63) is 42.1 Å². The molecule has 2 aromatic rings. The van der Waals surface area contributed by atoms with Crippen molar-refractivity contribution in [3.63, 3.8) is 0 Å². The van der Waals surface area contributed by atoms with Crippen molar-refractivity contribution in [3.8, 4) is 0 Å². The summed E-state index contributed by atoms with van der Waals surface area (Å²) >= 11 is 0. The molecule has 98 valence electrons. The standard InChI is InChI=1S/C15H17N3O/c1-18(12-8-9-16-10-12)15(19)14-7-6-11-4-2-3-5-13(11)17-14/h2-7,12,16H,8-10H2,1H3. The highest BCUT2D eigenvalue weighted by molar-refractivity contribution is 5.95. The average Bonchev–Trinajstić information content (AvgIpc) is 2.99. The summed E-state index contributed by atoms with van der Waals surface area (Å²) in [6.07, 6.45) is 1.01. The molecule has 1 fully saturated rings. The van der Waals surface area contributed by atoms with Crippen LogP contribution in [0, 0.1) is 0 Å². The van der Waals surface area contributed by atoms with Crippen molar-refractivity contribution in [2.45, 2.75) is 12.5 Å². The summed E-state index contributed by atoms with van der Waals surface area (Å²) in [5.74, 6) is -0.000506. The maximum absolute atomic E-state index is 12.4. The molecule has 0 radical (unpaired) electrons. The molecule has 0 spiro atoms. The van der Waals surface area contributed by atoms with Crippen molar-refractivity contribution in [1.29, 1.82) is 0 Å². The maximum Gasteiger partial charge on any atom is 0.272 e. The second-order valence-electron chi connectivity index (χ2n) is 4.95. The molecule has 1 aliphatic heterocycles. The Morgan fingerprint density at radius 1 is 1.32 bits per heavy atom. The van der Waals surface area contributed by atoms with E-state index in [1.165, 1.54) is 0 Å². The molecule has 1 aromatic heterocycles. The monoisotopic (exact) mass is 255 g/mol. The third-order valence-electron chi connectivity index (χ3n) is 3.72. The summed E-state index contributed by atoms with van der Waals surface area (Å²) in [7, 11) is 1.86. The van der Waals surface area contributed by atoms with Crippen molar-refractivity contribution >= 4 is 16.8 Å². The summed E-state index contributed by atoms with van der Waals surface area (Å²) in [5.41, 5.74) is 1.39. The van der Waals surface area contributed by atoms with Crippen LogP contribution in [0.3, 0.4) is 0 Å². The van der Waals surface area contributed by atoms with Crippen LogP contribution in [0.1, 0.15) is 16.9 Å². The molecule has 3 rings (SSSR count). The van der Waals surface area contributed by atoms with Gasteiger partial charge in [-0.15, -0.1) is 0 Å². The minimum atomic E-state index is -0.000506. The summed E-state index contributed by atoms with van der Waals surface area (Å²) in [6, 6.07) is 11.9. The van der Waals surface area contributed by atoms with Gasteiger partial charge >= 0.3 is 0 Å². The number of nitrogens with zero attached hydrogens (tertiary/aromatic N) is 2. The first kappa shape index (κ1) is 12.1. The van der Waals surface area contributed by atoms with Crippen LogP contribution in [0.5, 0.6) is 0 Å². The number of fused-ring (bicyclic) bond motifs is 1. The summed E-state index contributed by atoms with van der Waals surface area (Å²) < 4.78 is 0. The number of hydrogen-bond donors (Lipinski definition) is 1. The van der Waals surface area contributed by atoms with Crippen molar-refractivity contribution < 1.29 is 4.79 Å². The number of rotatable bonds is 2. The number of amides is 1. The number of benzene rings is 1. The van der Waals surface area contributed by atoms with E-state index in [9.17, 15) is 4.79 Å². The zero-order valence-electron chi connectivity index (χ0n) is 11.0. The number of hydrogen-bond acceptors (Lipinski definition) is 3. The largest absolute Gasteiger partial charge is 0.336 e. The predicted molar refractivity (Wildman–Crippen MR) is 75.1 cm³/mol. The van der Waals surface area contributed by atoms with Crippen LogP contribution < -0.4 is 5.32 Å². The van der Waals surface area contributed by atoms with E-state index in [0.717, 1.165) is 30.4 Å². The SMILES string of the molecule is CN(C(=O)c1ccc2ccccc2n1)C1CCNC1. The van der Waals surface area contributed by atoms with Gasteiger partial charge in [0.05, 0.1) is 5.52 Å².